The number of nitrogens with zero attached hydrogens (tertiary/aromatic N) is 4. The van der Waals surface area contributed by atoms with E-state index in [1.165, 1.54) is 11.2 Å². The van der Waals surface area contributed by atoms with Crippen molar-refractivity contribution >= 4 is 5.91 Å². The molecular formula is C18H26N6O. The zero-order valence-corrected chi connectivity index (χ0v) is 14.9. The number of carbonyl (C=O) groups excluding carboxylic acids is 1. The second-order valence-electron chi connectivity index (χ2n) is 6.93. The Morgan fingerprint density at radius 1 is 1.36 bits per heavy atom. The van der Waals surface area contributed by atoms with E-state index in [0.29, 0.717) is 18.3 Å². The Morgan fingerprint density at radius 2 is 2.16 bits per heavy atom. The number of rotatable bonds is 7. The average Bonchev–Trinajstić information content (AvgIpc) is 3.28. The molecule has 0 radical (unpaired) electrons. The quantitative estimate of drug-likeness (QED) is 0.799. The predicted octanol–water partition coefficient (Wildman–Crippen LogP) is 1.65. The third-order valence-electron chi connectivity index (χ3n) is 4.62. The molecule has 134 valence electrons. The molecule has 1 aliphatic heterocycles. The molecule has 0 saturated carbocycles. The molecule has 0 bridgehead atoms. The summed E-state index contributed by atoms with van der Waals surface area (Å²) in [6, 6.07) is 9.22. The van der Waals surface area contributed by atoms with E-state index >= 15 is 0 Å². The van der Waals surface area contributed by atoms with Crippen LogP contribution in [-0.4, -0.2) is 45.7 Å². The maximum Gasteiger partial charge on any atom is 0.247 e. The van der Waals surface area contributed by atoms with Gasteiger partial charge in [0, 0.05) is 12.1 Å². The Kier molecular flexibility index (Phi) is 5.75. The smallest absolute Gasteiger partial charge is 0.247 e. The Bertz CT molecular complexity index is 678. The third-order valence-corrected chi connectivity index (χ3v) is 4.62. The summed E-state index contributed by atoms with van der Waals surface area (Å²) < 4.78 is 0. The minimum atomic E-state index is -0.452. The van der Waals surface area contributed by atoms with Crippen molar-refractivity contribution in [1.82, 2.24) is 30.8 Å². The van der Waals surface area contributed by atoms with Crippen LogP contribution in [0.15, 0.2) is 30.3 Å². The molecule has 1 aromatic heterocycles. The second-order valence-corrected chi connectivity index (χ2v) is 6.93. The summed E-state index contributed by atoms with van der Waals surface area (Å²) in [5.74, 6) is 1.23. The fourth-order valence-corrected chi connectivity index (χ4v) is 3.18. The Morgan fingerprint density at radius 3 is 2.84 bits per heavy atom. The molecule has 1 saturated heterocycles. The van der Waals surface area contributed by atoms with E-state index in [4.69, 9.17) is 0 Å². The maximum absolute atomic E-state index is 12.6. The molecule has 1 fully saturated rings. The molecule has 2 atom stereocenters. The Hall–Kier alpha value is -2.28. The summed E-state index contributed by atoms with van der Waals surface area (Å²) in [5.41, 5.74) is 0.894. The molecule has 2 aromatic rings. The number of aromatic nitrogens is 4. The summed E-state index contributed by atoms with van der Waals surface area (Å²) in [7, 11) is 0. The highest BCUT2D eigenvalue weighted by atomic mass is 16.2. The first kappa shape index (κ1) is 17.5. The first-order valence-corrected chi connectivity index (χ1v) is 8.98. The molecule has 7 nitrogen and oxygen atoms in total. The van der Waals surface area contributed by atoms with E-state index in [1.54, 1.807) is 0 Å². The highest BCUT2D eigenvalue weighted by Crippen LogP contribution is 2.19. The predicted molar refractivity (Wildman–Crippen MR) is 95.7 cm³/mol. The van der Waals surface area contributed by atoms with Crippen molar-refractivity contribution in [1.29, 1.82) is 0 Å². The van der Waals surface area contributed by atoms with Gasteiger partial charge in [-0.2, -0.15) is 4.80 Å². The van der Waals surface area contributed by atoms with Gasteiger partial charge in [0.25, 0.3) is 0 Å². The number of amides is 1. The third kappa shape index (κ3) is 4.42. The molecule has 1 amide bonds. The second kappa shape index (κ2) is 8.20. The SMILES string of the molecule is CC(C)C(C(=O)NCCC1CCNC1)n1nnc(-c2ccccc2)n1. The summed E-state index contributed by atoms with van der Waals surface area (Å²) >= 11 is 0. The largest absolute Gasteiger partial charge is 0.354 e. The van der Waals surface area contributed by atoms with Gasteiger partial charge in [-0.05, 0) is 43.0 Å². The van der Waals surface area contributed by atoms with Crippen molar-refractivity contribution < 1.29 is 4.79 Å². The van der Waals surface area contributed by atoms with E-state index in [0.717, 1.165) is 25.1 Å². The molecule has 0 spiro atoms. The molecule has 25 heavy (non-hydrogen) atoms. The van der Waals surface area contributed by atoms with Gasteiger partial charge in [-0.1, -0.05) is 44.2 Å². The maximum atomic E-state index is 12.6. The molecule has 2 N–H and O–H groups in total. The van der Waals surface area contributed by atoms with Crippen LogP contribution in [0.25, 0.3) is 11.4 Å². The molecule has 1 aromatic carbocycles. The van der Waals surface area contributed by atoms with Gasteiger partial charge in [-0.25, -0.2) is 0 Å². The summed E-state index contributed by atoms with van der Waals surface area (Å²) in [5, 5.41) is 19.1. The van der Waals surface area contributed by atoms with Gasteiger partial charge in [0.2, 0.25) is 11.7 Å². The number of tetrazole rings is 1. The summed E-state index contributed by atoms with van der Waals surface area (Å²) in [6.07, 6.45) is 2.19. The van der Waals surface area contributed by atoms with Gasteiger partial charge in [0.05, 0.1) is 0 Å². The molecule has 7 heteroatoms. The summed E-state index contributed by atoms with van der Waals surface area (Å²) in [6.45, 7) is 6.81. The fraction of sp³-hybridized carbons (Fsp3) is 0.556. The number of hydrogen-bond donors (Lipinski definition) is 2. The van der Waals surface area contributed by atoms with Gasteiger partial charge < -0.3 is 10.6 Å². The van der Waals surface area contributed by atoms with E-state index in [9.17, 15) is 4.79 Å². The van der Waals surface area contributed by atoms with Crippen molar-refractivity contribution in [3.63, 3.8) is 0 Å². The van der Waals surface area contributed by atoms with Crippen molar-refractivity contribution in [2.24, 2.45) is 11.8 Å². The number of nitrogens with one attached hydrogen (secondary N) is 2. The van der Waals surface area contributed by atoms with Crippen molar-refractivity contribution in [2.45, 2.75) is 32.7 Å². The van der Waals surface area contributed by atoms with Crippen molar-refractivity contribution in [3.8, 4) is 11.4 Å². The fourth-order valence-electron chi connectivity index (χ4n) is 3.18. The minimum Gasteiger partial charge on any atom is -0.354 e. The normalized spacial score (nSPS) is 18.4. The van der Waals surface area contributed by atoms with Gasteiger partial charge in [-0.3, -0.25) is 4.79 Å². The van der Waals surface area contributed by atoms with Gasteiger partial charge in [-0.15, -0.1) is 10.2 Å². The van der Waals surface area contributed by atoms with Crippen LogP contribution in [0, 0.1) is 11.8 Å². The van der Waals surface area contributed by atoms with Gasteiger partial charge in [0.1, 0.15) is 0 Å². The zero-order chi connectivity index (χ0) is 17.6. The Labute approximate surface area is 148 Å². The van der Waals surface area contributed by atoms with Gasteiger partial charge in [0.15, 0.2) is 6.04 Å². The van der Waals surface area contributed by atoms with Crippen LogP contribution in [0.1, 0.15) is 32.7 Å². The van der Waals surface area contributed by atoms with Crippen LogP contribution in [0.2, 0.25) is 0 Å². The van der Waals surface area contributed by atoms with E-state index in [2.05, 4.69) is 26.0 Å². The molecule has 0 aliphatic carbocycles. The van der Waals surface area contributed by atoms with Crippen LogP contribution in [0.3, 0.4) is 0 Å². The minimum absolute atomic E-state index is 0.0435. The van der Waals surface area contributed by atoms with Crippen LogP contribution in [0.4, 0.5) is 0 Å². The van der Waals surface area contributed by atoms with Crippen LogP contribution in [-0.2, 0) is 4.79 Å². The zero-order valence-electron chi connectivity index (χ0n) is 14.9. The van der Waals surface area contributed by atoms with Crippen molar-refractivity contribution in [2.75, 3.05) is 19.6 Å². The van der Waals surface area contributed by atoms with Crippen LogP contribution >= 0.6 is 0 Å². The van der Waals surface area contributed by atoms with Crippen LogP contribution < -0.4 is 10.6 Å². The first-order valence-electron chi connectivity index (χ1n) is 8.98. The average molecular weight is 342 g/mol. The number of hydrogen-bond acceptors (Lipinski definition) is 5. The topological polar surface area (TPSA) is 84.7 Å². The lowest BCUT2D eigenvalue weighted by molar-refractivity contribution is -0.126. The van der Waals surface area contributed by atoms with Gasteiger partial charge >= 0.3 is 0 Å². The molecule has 3 rings (SSSR count). The highest BCUT2D eigenvalue weighted by Gasteiger charge is 2.27. The van der Waals surface area contributed by atoms with E-state index in [1.807, 2.05) is 44.2 Å². The van der Waals surface area contributed by atoms with Crippen LogP contribution in [0.5, 0.6) is 0 Å². The lowest BCUT2D eigenvalue weighted by Gasteiger charge is -2.19. The standard InChI is InChI=1S/C18H26N6O/c1-13(2)16(18(25)20-11-9-14-8-10-19-12-14)24-22-17(21-23-24)15-6-4-3-5-7-15/h3-7,13-14,16,19H,8-12H2,1-2H3,(H,20,25). The monoisotopic (exact) mass is 342 g/mol. The number of carbonyl (C=O) groups is 1. The molecule has 2 heterocycles. The molecular weight excluding hydrogens is 316 g/mol. The van der Waals surface area contributed by atoms with E-state index in [-0.39, 0.29) is 11.8 Å². The first-order chi connectivity index (χ1) is 12.1. The lowest BCUT2D eigenvalue weighted by Crippen LogP contribution is -2.37. The molecule has 2 unspecified atom stereocenters. The lowest BCUT2D eigenvalue weighted by atomic mass is 10.0. The van der Waals surface area contributed by atoms with E-state index < -0.39 is 6.04 Å². The highest BCUT2D eigenvalue weighted by molar-refractivity contribution is 5.80. The Balaban J connectivity index is 1.64. The molecule has 1 aliphatic rings. The van der Waals surface area contributed by atoms with Crippen molar-refractivity contribution in [3.05, 3.63) is 30.3 Å². The number of benzene rings is 1. The summed E-state index contributed by atoms with van der Waals surface area (Å²) in [4.78, 5) is 14.1.